The van der Waals surface area contributed by atoms with E-state index in [4.69, 9.17) is 10.5 Å². The van der Waals surface area contributed by atoms with E-state index in [2.05, 4.69) is 9.97 Å². The Balaban J connectivity index is 1.89. The number of amides is 2. The second kappa shape index (κ2) is 6.35. The maximum Gasteiger partial charge on any atom is 0.272 e. The predicted octanol–water partition coefficient (Wildman–Crippen LogP) is 0.111. The van der Waals surface area contributed by atoms with Gasteiger partial charge in [-0.15, -0.1) is 0 Å². The van der Waals surface area contributed by atoms with Crippen molar-refractivity contribution in [2.45, 2.75) is 25.8 Å². The third kappa shape index (κ3) is 3.06. The van der Waals surface area contributed by atoms with Crippen LogP contribution in [-0.4, -0.2) is 71.0 Å². The molecule has 0 aliphatic carbocycles. The molecule has 2 saturated heterocycles. The highest BCUT2D eigenvalue weighted by Crippen LogP contribution is 2.22. The van der Waals surface area contributed by atoms with Crippen molar-refractivity contribution in [2.75, 3.05) is 39.1 Å². The van der Waals surface area contributed by atoms with Gasteiger partial charge in [-0.25, -0.2) is 9.97 Å². The summed E-state index contributed by atoms with van der Waals surface area (Å²) in [5.41, 5.74) is 6.77. The van der Waals surface area contributed by atoms with Gasteiger partial charge in [0.25, 0.3) is 5.91 Å². The van der Waals surface area contributed by atoms with Crippen molar-refractivity contribution >= 4 is 17.8 Å². The van der Waals surface area contributed by atoms with E-state index in [9.17, 15) is 9.59 Å². The van der Waals surface area contributed by atoms with Crippen LogP contribution >= 0.6 is 0 Å². The molecule has 2 atom stereocenters. The van der Waals surface area contributed by atoms with Gasteiger partial charge in [-0.1, -0.05) is 13.8 Å². The Hall–Kier alpha value is -2.22. The number of likely N-dealkylation sites (N-methyl/N-ethyl adjacent to an activating group) is 1. The minimum absolute atomic E-state index is 0.0258. The highest BCUT2D eigenvalue weighted by molar-refractivity contribution is 5.93. The third-order valence-electron chi connectivity index (χ3n) is 4.61. The van der Waals surface area contributed by atoms with Crippen LogP contribution in [0.15, 0.2) is 6.07 Å². The number of carbonyl (C=O) groups excluding carboxylic acids is 2. The van der Waals surface area contributed by atoms with Crippen molar-refractivity contribution in [1.82, 2.24) is 19.8 Å². The molecule has 24 heavy (non-hydrogen) atoms. The number of hydrogen-bond acceptors (Lipinski definition) is 6. The normalized spacial score (nSPS) is 24.2. The molecule has 1 aromatic rings. The van der Waals surface area contributed by atoms with Gasteiger partial charge in [0.2, 0.25) is 11.9 Å². The van der Waals surface area contributed by atoms with Crippen molar-refractivity contribution < 1.29 is 14.3 Å². The molecule has 2 bridgehead atoms. The maximum atomic E-state index is 12.9. The average molecular weight is 333 g/mol. The summed E-state index contributed by atoms with van der Waals surface area (Å²) in [6.45, 7) is 5.50. The summed E-state index contributed by atoms with van der Waals surface area (Å²) < 4.78 is 5.56. The summed E-state index contributed by atoms with van der Waals surface area (Å²) in [5.74, 6) is -0.290. The first-order chi connectivity index (χ1) is 11.4. The van der Waals surface area contributed by atoms with Gasteiger partial charge in [0, 0.05) is 25.8 Å². The van der Waals surface area contributed by atoms with Crippen LogP contribution in [-0.2, 0) is 9.53 Å². The topological polar surface area (TPSA) is 102 Å². The van der Waals surface area contributed by atoms with E-state index in [1.54, 1.807) is 22.9 Å². The molecule has 0 spiro atoms. The van der Waals surface area contributed by atoms with Gasteiger partial charge in [-0.2, -0.15) is 0 Å². The van der Waals surface area contributed by atoms with Crippen molar-refractivity contribution in [1.29, 1.82) is 0 Å². The molecule has 0 unspecified atom stereocenters. The Kier molecular flexibility index (Phi) is 4.40. The second-order valence-corrected chi connectivity index (χ2v) is 6.74. The number of fused-ring (bicyclic) bond motifs is 3. The fraction of sp³-hybridized carbons (Fsp3) is 0.625. The summed E-state index contributed by atoms with van der Waals surface area (Å²) in [6.07, 6.45) is 0. The highest BCUT2D eigenvalue weighted by Gasteiger charge is 2.39. The molecule has 2 aliphatic heterocycles. The third-order valence-corrected chi connectivity index (χ3v) is 4.61. The van der Waals surface area contributed by atoms with Crippen LogP contribution in [0.5, 0.6) is 0 Å². The van der Waals surface area contributed by atoms with Crippen LogP contribution in [0, 0.1) is 5.92 Å². The molecule has 0 aromatic carbocycles. The molecule has 8 heteroatoms. The number of ether oxygens (including phenoxy) is 1. The number of rotatable bonds is 2. The maximum absolute atomic E-state index is 12.9. The van der Waals surface area contributed by atoms with E-state index < -0.39 is 0 Å². The zero-order chi connectivity index (χ0) is 17.4. The molecule has 2 amide bonds. The zero-order valence-corrected chi connectivity index (χ0v) is 14.2. The molecule has 2 aliphatic rings. The summed E-state index contributed by atoms with van der Waals surface area (Å²) in [6, 6.07) is 1.55. The van der Waals surface area contributed by atoms with E-state index in [1.165, 1.54) is 0 Å². The lowest BCUT2D eigenvalue weighted by Gasteiger charge is -2.29. The Bertz CT molecular complexity index is 663. The van der Waals surface area contributed by atoms with Crippen LogP contribution in [0.3, 0.4) is 0 Å². The minimum atomic E-state index is -0.338. The van der Waals surface area contributed by atoms with Gasteiger partial charge in [-0.05, 0) is 12.0 Å². The lowest BCUT2D eigenvalue weighted by Crippen LogP contribution is -2.45. The molecule has 0 radical (unpaired) electrons. The van der Waals surface area contributed by atoms with Crippen LogP contribution in [0.2, 0.25) is 0 Å². The first kappa shape index (κ1) is 16.6. The first-order valence-corrected chi connectivity index (χ1v) is 8.15. The quantitative estimate of drug-likeness (QED) is 0.824. The number of carbonyl (C=O) groups is 2. The molecule has 1 aromatic heterocycles. The van der Waals surface area contributed by atoms with Crippen molar-refractivity contribution in [3.63, 3.8) is 0 Å². The second-order valence-electron chi connectivity index (χ2n) is 6.74. The fourth-order valence-electron chi connectivity index (χ4n) is 3.12. The van der Waals surface area contributed by atoms with E-state index in [0.29, 0.717) is 26.3 Å². The molecule has 2 N–H and O–H groups in total. The van der Waals surface area contributed by atoms with Gasteiger partial charge in [0.15, 0.2) is 0 Å². The number of nitrogens with zero attached hydrogens (tertiary/aromatic N) is 4. The van der Waals surface area contributed by atoms with Gasteiger partial charge < -0.3 is 20.3 Å². The Morgan fingerprint density at radius 2 is 2.08 bits per heavy atom. The Morgan fingerprint density at radius 1 is 1.33 bits per heavy atom. The van der Waals surface area contributed by atoms with Crippen LogP contribution in [0.1, 0.15) is 35.9 Å². The summed E-state index contributed by atoms with van der Waals surface area (Å²) in [7, 11) is 1.77. The van der Waals surface area contributed by atoms with Gasteiger partial charge in [0.1, 0.15) is 5.69 Å². The fourth-order valence-corrected chi connectivity index (χ4v) is 3.12. The van der Waals surface area contributed by atoms with Gasteiger partial charge in [0.05, 0.1) is 25.2 Å². The number of nitrogen functional groups attached to an aromatic ring is 1. The Morgan fingerprint density at radius 3 is 2.79 bits per heavy atom. The number of hydrogen-bond donors (Lipinski definition) is 1. The molecule has 3 rings (SSSR count). The van der Waals surface area contributed by atoms with Crippen LogP contribution < -0.4 is 5.73 Å². The molecule has 0 saturated carbocycles. The van der Waals surface area contributed by atoms with Crippen molar-refractivity contribution in [3.05, 3.63) is 17.5 Å². The van der Waals surface area contributed by atoms with Gasteiger partial charge >= 0.3 is 0 Å². The molecule has 3 heterocycles. The van der Waals surface area contributed by atoms with Gasteiger partial charge in [-0.3, -0.25) is 9.59 Å². The summed E-state index contributed by atoms with van der Waals surface area (Å²) in [4.78, 5) is 37.0. The minimum Gasteiger partial charge on any atom is -0.378 e. The lowest BCUT2D eigenvalue weighted by molar-refractivity contribution is -0.133. The first-order valence-electron chi connectivity index (χ1n) is 8.15. The van der Waals surface area contributed by atoms with Crippen molar-refractivity contribution in [3.8, 4) is 0 Å². The number of anilines is 1. The predicted molar refractivity (Wildman–Crippen MR) is 87.3 cm³/mol. The summed E-state index contributed by atoms with van der Waals surface area (Å²) >= 11 is 0. The molecule has 8 nitrogen and oxygen atoms in total. The molecular formula is C16H23N5O3. The SMILES string of the molecule is CC(C)c1cc(C(=O)N2C[C@@H]3COC[C@H](C2)N(C)C3=O)nc(N)n1. The van der Waals surface area contributed by atoms with Crippen LogP contribution in [0.25, 0.3) is 0 Å². The molecule has 2 fully saturated rings. The van der Waals surface area contributed by atoms with E-state index in [0.717, 1.165) is 5.69 Å². The van der Waals surface area contributed by atoms with Crippen LogP contribution in [0.4, 0.5) is 5.95 Å². The zero-order valence-electron chi connectivity index (χ0n) is 14.2. The Labute approximate surface area is 141 Å². The number of aromatic nitrogens is 2. The van der Waals surface area contributed by atoms with Crippen molar-refractivity contribution in [2.24, 2.45) is 5.92 Å². The van der Waals surface area contributed by atoms with E-state index >= 15 is 0 Å². The number of nitrogens with two attached hydrogens (primary N) is 1. The van der Waals surface area contributed by atoms with E-state index in [-0.39, 0.29) is 41.3 Å². The standard InChI is InChI=1S/C16H23N5O3/c1-9(2)12-4-13(19-16(17)18-12)15(23)21-5-10-7-24-8-11(6-21)20(3)14(10)22/h4,9-11H,5-8H2,1-3H3,(H2,17,18,19)/t10-,11+/m1/s1. The largest absolute Gasteiger partial charge is 0.378 e. The summed E-state index contributed by atoms with van der Waals surface area (Å²) in [5, 5.41) is 0. The molecule has 130 valence electrons. The molecular weight excluding hydrogens is 310 g/mol. The van der Waals surface area contributed by atoms with E-state index in [1.807, 2.05) is 13.8 Å². The average Bonchev–Trinajstić information content (AvgIpc) is 2.71. The lowest BCUT2D eigenvalue weighted by atomic mass is 10.1. The smallest absolute Gasteiger partial charge is 0.272 e. The monoisotopic (exact) mass is 333 g/mol. The highest BCUT2D eigenvalue weighted by atomic mass is 16.5.